The van der Waals surface area contributed by atoms with Crippen LogP contribution in [-0.2, 0) is 0 Å². The van der Waals surface area contributed by atoms with Gasteiger partial charge in [0.25, 0.3) is 0 Å². The molecular weight excluding hydrogens is 268 g/mol. The van der Waals surface area contributed by atoms with Crippen LogP contribution in [0.4, 0.5) is 11.4 Å². The number of benzene rings is 1. The molecule has 2 unspecified atom stereocenters. The number of carboxylic acids is 1. The molecule has 1 aromatic rings. The zero-order valence-electron chi connectivity index (χ0n) is 12.1. The first-order valence-electron chi connectivity index (χ1n) is 7.60. The maximum atomic E-state index is 11.4. The number of hydrogen-bond acceptors (Lipinski definition) is 4. The Hall–Kier alpha value is -1.75. The van der Waals surface area contributed by atoms with Gasteiger partial charge in [-0.1, -0.05) is 18.9 Å². The molecule has 1 saturated carbocycles. The van der Waals surface area contributed by atoms with Crippen LogP contribution in [-0.4, -0.2) is 34.9 Å². The van der Waals surface area contributed by atoms with Crippen molar-refractivity contribution < 1.29 is 15.0 Å². The van der Waals surface area contributed by atoms with Gasteiger partial charge in [-0.05, 0) is 31.4 Å². The van der Waals surface area contributed by atoms with Gasteiger partial charge in [0.05, 0.1) is 22.5 Å². The number of fused-ring (bicyclic) bond motifs is 1. The highest BCUT2D eigenvalue weighted by Gasteiger charge is 2.43. The van der Waals surface area contributed by atoms with Crippen LogP contribution in [0.3, 0.4) is 0 Å². The Kier molecular flexibility index (Phi) is 3.53. The van der Waals surface area contributed by atoms with Gasteiger partial charge in [0, 0.05) is 19.0 Å². The van der Waals surface area contributed by atoms with Crippen molar-refractivity contribution in [2.75, 3.05) is 23.7 Å². The van der Waals surface area contributed by atoms with Gasteiger partial charge >= 0.3 is 5.97 Å². The van der Waals surface area contributed by atoms with Gasteiger partial charge in [-0.25, -0.2) is 4.79 Å². The van der Waals surface area contributed by atoms with Gasteiger partial charge in [-0.3, -0.25) is 0 Å². The second-order valence-electron chi connectivity index (χ2n) is 6.29. The van der Waals surface area contributed by atoms with Crippen molar-refractivity contribution in [2.24, 2.45) is 5.92 Å². The first-order chi connectivity index (χ1) is 10.0. The number of nitrogen functional groups attached to an aromatic ring is 1. The molecule has 2 fully saturated rings. The molecule has 0 spiro atoms. The lowest BCUT2D eigenvalue weighted by molar-refractivity contribution is -0.0612. The van der Waals surface area contributed by atoms with Crippen LogP contribution in [0.25, 0.3) is 0 Å². The maximum Gasteiger partial charge on any atom is 0.337 e. The number of nitrogens with zero attached hydrogens (tertiary/aromatic N) is 1. The molecule has 5 nitrogen and oxygen atoms in total. The predicted molar refractivity (Wildman–Crippen MR) is 81.6 cm³/mol. The van der Waals surface area contributed by atoms with E-state index in [-0.39, 0.29) is 11.5 Å². The summed E-state index contributed by atoms with van der Waals surface area (Å²) in [6.45, 7) is 1.34. The lowest BCUT2D eigenvalue weighted by atomic mass is 9.71. The van der Waals surface area contributed by atoms with E-state index in [1.54, 1.807) is 18.2 Å². The van der Waals surface area contributed by atoms with Crippen LogP contribution in [0.15, 0.2) is 18.2 Å². The van der Waals surface area contributed by atoms with Gasteiger partial charge in [-0.2, -0.15) is 0 Å². The average molecular weight is 290 g/mol. The lowest BCUT2D eigenvalue weighted by Gasteiger charge is -2.48. The normalized spacial score (nSPS) is 29.0. The molecule has 2 atom stereocenters. The zero-order valence-corrected chi connectivity index (χ0v) is 12.1. The number of piperidine rings is 1. The first-order valence-corrected chi connectivity index (χ1v) is 7.60. The molecular formula is C16H22N2O3. The minimum absolute atomic E-state index is 0.209. The summed E-state index contributed by atoms with van der Waals surface area (Å²) in [4.78, 5) is 13.5. The summed E-state index contributed by atoms with van der Waals surface area (Å²) >= 11 is 0. The zero-order chi connectivity index (χ0) is 15.0. The second kappa shape index (κ2) is 5.22. The fourth-order valence-corrected chi connectivity index (χ4v) is 3.86. The number of nitrogens with two attached hydrogens (primary N) is 1. The van der Waals surface area contributed by atoms with E-state index >= 15 is 0 Å². The SMILES string of the molecule is Nc1cccc(C(=O)O)c1N1CCC2(O)CCCCC2C1. The summed E-state index contributed by atoms with van der Waals surface area (Å²) in [6.07, 6.45) is 4.77. The smallest absolute Gasteiger partial charge is 0.337 e. The van der Waals surface area contributed by atoms with Crippen LogP contribution in [0.2, 0.25) is 0 Å². The van der Waals surface area contributed by atoms with Crippen molar-refractivity contribution in [2.45, 2.75) is 37.7 Å². The summed E-state index contributed by atoms with van der Waals surface area (Å²) in [5.41, 5.74) is 6.81. The molecule has 0 radical (unpaired) electrons. The number of carbonyl (C=O) groups is 1. The Labute approximate surface area is 124 Å². The van der Waals surface area contributed by atoms with Crippen molar-refractivity contribution in [1.29, 1.82) is 0 Å². The highest BCUT2D eigenvalue weighted by Crippen LogP contribution is 2.42. The topological polar surface area (TPSA) is 86.8 Å². The largest absolute Gasteiger partial charge is 0.478 e. The second-order valence-corrected chi connectivity index (χ2v) is 6.29. The molecule has 1 saturated heterocycles. The fourth-order valence-electron chi connectivity index (χ4n) is 3.86. The molecule has 3 rings (SSSR count). The monoisotopic (exact) mass is 290 g/mol. The van der Waals surface area contributed by atoms with Crippen molar-refractivity contribution in [3.63, 3.8) is 0 Å². The number of rotatable bonds is 2. The third kappa shape index (κ3) is 2.46. The van der Waals surface area contributed by atoms with E-state index in [2.05, 4.69) is 0 Å². The van der Waals surface area contributed by atoms with E-state index in [0.29, 0.717) is 30.9 Å². The van der Waals surface area contributed by atoms with E-state index in [1.807, 2.05) is 4.90 Å². The molecule has 1 aliphatic heterocycles. The van der Waals surface area contributed by atoms with Crippen LogP contribution < -0.4 is 10.6 Å². The Bertz CT molecular complexity index is 560. The molecule has 0 amide bonds. The average Bonchev–Trinajstić information content (AvgIpc) is 2.46. The number of aliphatic hydroxyl groups is 1. The number of carboxylic acid groups (broad SMARTS) is 1. The summed E-state index contributed by atoms with van der Waals surface area (Å²) in [5.74, 6) is -0.747. The third-order valence-electron chi connectivity index (χ3n) is 5.04. The van der Waals surface area contributed by atoms with Crippen molar-refractivity contribution in [1.82, 2.24) is 0 Å². The molecule has 0 aromatic heterocycles. The summed E-state index contributed by atoms with van der Waals surface area (Å²) in [5, 5.41) is 20.1. The minimum Gasteiger partial charge on any atom is -0.478 e. The van der Waals surface area contributed by atoms with Gasteiger partial charge < -0.3 is 20.8 Å². The standard InChI is InChI=1S/C16H22N2O3/c17-13-6-3-5-12(15(19)20)14(13)18-9-8-16(21)7-2-1-4-11(16)10-18/h3,5-6,11,21H,1-2,4,7-10,17H2,(H,19,20). The van der Waals surface area contributed by atoms with E-state index in [0.717, 1.165) is 25.7 Å². The van der Waals surface area contributed by atoms with Gasteiger partial charge in [0.1, 0.15) is 0 Å². The summed E-state index contributed by atoms with van der Waals surface area (Å²) in [7, 11) is 0. The van der Waals surface area contributed by atoms with E-state index in [9.17, 15) is 15.0 Å². The molecule has 2 aliphatic rings. The summed E-state index contributed by atoms with van der Waals surface area (Å²) < 4.78 is 0. The van der Waals surface area contributed by atoms with Crippen LogP contribution in [0, 0.1) is 5.92 Å². The first kappa shape index (κ1) is 14.2. The Morgan fingerprint density at radius 1 is 1.33 bits per heavy atom. The van der Waals surface area contributed by atoms with Crippen LogP contribution in [0.1, 0.15) is 42.5 Å². The molecule has 4 N–H and O–H groups in total. The lowest BCUT2D eigenvalue weighted by Crippen LogP contribution is -2.53. The quantitative estimate of drug-likeness (QED) is 0.726. The third-order valence-corrected chi connectivity index (χ3v) is 5.04. The molecule has 5 heteroatoms. The fraction of sp³-hybridized carbons (Fsp3) is 0.562. The van der Waals surface area contributed by atoms with Gasteiger partial charge in [0.15, 0.2) is 0 Å². The van der Waals surface area contributed by atoms with Crippen molar-refractivity contribution in [3.05, 3.63) is 23.8 Å². The van der Waals surface area contributed by atoms with E-state index in [1.165, 1.54) is 0 Å². The van der Waals surface area contributed by atoms with Crippen molar-refractivity contribution >= 4 is 17.3 Å². The van der Waals surface area contributed by atoms with E-state index < -0.39 is 11.6 Å². The highest BCUT2D eigenvalue weighted by molar-refractivity contribution is 5.98. The minimum atomic E-state index is -0.957. The van der Waals surface area contributed by atoms with Crippen molar-refractivity contribution in [3.8, 4) is 0 Å². The Morgan fingerprint density at radius 2 is 2.14 bits per heavy atom. The van der Waals surface area contributed by atoms with E-state index in [4.69, 9.17) is 5.73 Å². The molecule has 1 aromatic carbocycles. The van der Waals surface area contributed by atoms with Gasteiger partial charge in [0.2, 0.25) is 0 Å². The maximum absolute atomic E-state index is 11.4. The Morgan fingerprint density at radius 3 is 2.90 bits per heavy atom. The number of para-hydroxylation sites is 1. The molecule has 21 heavy (non-hydrogen) atoms. The van der Waals surface area contributed by atoms with Crippen LogP contribution in [0.5, 0.6) is 0 Å². The molecule has 1 aliphatic carbocycles. The van der Waals surface area contributed by atoms with Crippen LogP contribution >= 0.6 is 0 Å². The predicted octanol–water partition coefficient (Wildman–Crippen LogP) is 2.10. The molecule has 0 bridgehead atoms. The number of anilines is 2. The number of hydrogen-bond donors (Lipinski definition) is 3. The Balaban J connectivity index is 1.91. The highest BCUT2D eigenvalue weighted by atomic mass is 16.4. The summed E-state index contributed by atoms with van der Waals surface area (Å²) in [6, 6.07) is 5.00. The molecule has 1 heterocycles. The number of aromatic carboxylic acids is 1. The van der Waals surface area contributed by atoms with Gasteiger partial charge in [-0.15, -0.1) is 0 Å². The molecule has 114 valence electrons.